The van der Waals surface area contributed by atoms with Crippen LogP contribution in [0.4, 0.5) is 4.79 Å². The van der Waals surface area contributed by atoms with Crippen molar-refractivity contribution in [3.63, 3.8) is 0 Å². The zero-order valence-electron chi connectivity index (χ0n) is 10.7. The maximum atomic E-state index is 11.5. The number of rotatable bonds is 2. The number of ether oxygens (including phenoxy) is 1. The zero-order valence-corrected chi connectivity index (χ0v) is 10.7. The number of nitrogens with zero attached hydrogens (tertiary/aromatic N) is 2. The summed E-state index contributed by atoms with van der Waals surface area (Å²) in [7, 11) is 0. The van der Waals surface area contributed by atoms with Crippen molar-refractivity contribution < 1.29 is 9.53 Å². The Labute approximate surface area is 105 Å². The normalized spacial score (nSPS) is 11.5. The van der Waals surface area contributed by atoms with Gasteiger partial charge in [0.05, 0.1) is 6.54 Å². The second-order valence-electron chi connectivity index (χ2n) is 4.98. The van der Waals surface area contributed by atoms with E-state index >= 15 is 0 Å². The Hall–Kier alpha value is -2.11. The summed E-state index contributed by atoms with van der Waals surface area (Å²) < 4.78 is 5.14. The summed E-state index contributed by atoms with van der Waals surface area (Å²) >= 11 is 0. The van der Waals surface area contributed by atoms with E-state index in [0.29, 0.717) is 6.54 Å². The molecule has 0 radical (unpaired) electrons. The fourth-order valence-corrected chi connectivity index (χ4v) is 1.50. The number of hydrogen-bond acceptors (Lipinski definition) is 4. The van der Waals surface area contributed by atoms with Crippen LogP contribution >= 0.6 is 0 Å². The molecule has 2 aromatic heterocycles. The summed E-state index contributed by atoms with van der Waals surface area (Å²) in [5, 5.41) is 3.59. The lowest BCUT2D eigenvalue weighted by atomic mass is 10.2. The topological polar surface area (TPSA) is 79.9 Å². The van der Waals surface area contributed by atoms with E-state index < -0.39 is 11.7 Å². The first-order chi connectivity index (χ1) is 8.44. The van der Waals surface area contributed by atoms with Gasteiger partial charge in [0.1, 0.15) is 17.6 Å². The third-order valence-corrected chi connectivity index (χ3v) is 2.17. The maximum Gasteiger partial charge on any atom is 0.407 e. The number of nitrogens with one attached hydrogen (secondary N) is 2. The molecule has 6 nitrogen and oxygen atoms in total. The predicted molar refractivity (Wildman–Crippen MR) is 67.0 cm³/mol. The summed E-state index contributed by atoms with van der Waals surface area (Å²) in [6.07, 6.45) is 2.76. The summed E-state index contributed by atoms with van der Waals surface area (Å²) in [5.41, 5.74) is 1.12. The van der Waals surface area contributed by atoms with Gasteiger partial charge in [-0.2, -0.15) is 0 Å². The first-order valence-corrected chi connectivity index (χ1v) is 5.68. The molecule has 6 heteroatoms. The Morgan fingerprint density at radius 2 is 2.28 bits per heavy atom. The van der Waals surface area contributed by atoms with Crippen LogP contribution in [0, 0.1) is 0 Å². The molecule has 0 aliphatic carbocycles. The molecule has 1 amide bonds. The zero-order chi connectivity index (χ0) is 13.2. The number of aromatic nitrogens is 3. The smallest absolute Gasteiger partial charge is 0.407 e. The molecule has 0 saturated carbocycles. The van der Waals surface area contributed by atoms with Crippen molar-refractivity contribution in [1.29, 1.82) is 0 Å². The molecule has 2 rings (SSSR count). The molecule has 0 aromatic carbocycles. The largest absolute Gasteiger partial charge is 0.444 e. The molecular weight excluding hydrogens is 232 g/mol. The van der Waals surface area contributed by atoms with Gasteiger partial charge in [-0.15, -0.1) is 0 Å². The quantitative estimate of drug-likeness (QED) is 0.851. The highest BCUT2D eigenvalue weighted by Gasteiger charge is 2.15. The Balaban J connectivity index is 1.96. The van der Waals surface area contributed by atoms with Crippen LogP contribution in [-0.4, -0.2) is 26.6 Å². The Bertz CT molecular complexity index is 523. The summed E-state index contributed by atoms with van der Waals surface area (Å²) in [5.74, 6) is 0. The monoisotopic (exact) mass is 248 g/mol. The first-order valence-electron chi connectivity index (χ1n) is 5.68. The number of alkyl carbamates (subject to hydrolysis) is 1. The number of carbonyl (C=O) groups excluding carboxylic acids is 1. The molecule has 2 aromatic rings. The van der Waals surface area contributed by atoms with Crippen molar-refractivity contribution in [3.8, 4) is 0 Å². The molecule has 0 aliphatic heterocycles. The molecular formula is C12H16N4O2. The van der Waals surface area contributed by atoms with E-state index in [4.69, 9.17) is 4.74 Å². The van der Waals surface area contributed by atoms with Gasteiger partial charge < -0.3 is 15.0 Å². The molecule has 18 heavy (non-hydrogen) atoms. The third kappa shape index (κ3) is 3.19. The Kier molecular flexibility index (Phi) is 3.18. The molecule has 0 unspecified atom stereocenters. The van der Waals surface area contributed by atoms with E-state index in [1.165, 1.54) is 6.33 Å². The third-order valence-electron chi connectivity index (χ3n) is 2.17. The second kappa shape index (κ2) is 4.64. The van der Waals surface area contributed by atoms with Crippen molar-refractivity contribution in [2.24, 2.45) is 0 Å². The lowest BCUT2D eigenvalue weighted by molar-refractivity contribution is 0.0523. The minimum atomic E-state index is -0.490. The van der Waals surface area contributed by atoms with Gasteiger partial charge in [-0.05, 0) is 26.8 Å². The second-order valence-corrected chi connectivity index (χ2v) is 4.98. The van der Waals surface area contributed by atoms with Crippen LogP contribution in [0.3, 0.4) is 0 Å². The van der Waals surface area contributed by atoms with E-state index in [9.17, 15) is 4.79 Å². The van der Waals surface area contributed by atoms with Crippen LogP contribution in [0.15, 0.2) is 18.6 Å². The summed E-state index contributed by atoms with van der Waals surface area (Å²) in [4.78, 5) is 22.6. The van der Waals surface area contributed by atoms with Crippen molar-refractivity contribution in [2.75, 3.05) is 0 Å². The number of carbonyl (C=O) groups is 1. The van der Waals surface area contributed by atoms with Crippen LogP contribution in [0.25, 0.3) is 11.0 Å². The van der Waals surface area contributed by atoms with Gasteiger partial charge in [0.2, 0.25) is 0 Å². The van der Waals surface area contributed by atoms with Crippen LogP contribution in [-0.2, 0) is 11.3 Å². The highest BCUT2D eigenvalue weighted by Crippen LogP contribution is 2.11. The van der Waals surface area contributed by atoms with Gasteiger partial charge in [-0.25, -0.2) is 14.8 Å². The number of aromatic amines is 1. The fraction of sp³-hybridized carbons (Fsp3) is 0.417. The van der Waals surface area contributed by atoms with Crippen LogP contribution in [0.5, 0.6) is 0 Å². The van der Waals surface area contributed by atoms with Gasteiger partial charge in [0, 0.05) is 17.3 Å². The summed E-state index contributed by atoms with van der Waals surface area (Å²) in [6.45, 7) is 5.84. The molecule has 0 saturated heterocycles. The van der Waals surface area contributed by atoms with Gasteiger partial charge in [-0.1, -0.05) is 0 Å². The lowest BCUT2D eigenvalue weighted by Crippen LogP contribution is -2.32. The van der Waals surface area contributed by atoms with Crippen molar-refractivity contribution in [3.05, 3.63) is 24.3 Å². The van der Waals surface area contributed by atoms with E-state index in [2.05, 4.69) is 20.3 Å². The Morgan fingerprint density at radius 3 is 2.94 bits per heavy atom. The van der Waals surface area contributed by atoms with E-state index in [-0.39, 0.29) is 0 Å². The molecule has 0 spiro atoms. The molecule has 2 N–H and O–H groups in total. The molecule has 0 atom stereocenters. The van der Waals surface area contributed by atoms with Gasteiger partial charge >= 0.3 is 6.09 Å². The highest BCUT2D eigenvalue weighted by molar-refractivity contribution is 5.75. The number of amides is 1. The van der Waals surface area contributed by atoms with Gasteiger partial charge in [0.15, 0.2) is 0 Å². The molecule has 2 heterocycles. The minimum Gasteiger partial charge on any atom is -0.444 e. The molecule has 0 bridgehead atoms. The molecule has 0 aliphatic rings. The van der Waals surface area contributed by atoms with E-state index in [1.54, 1.807) is 6.20 Å². The maximum absolute atomic E-state index is 11.5. The Morgan fingerprint density at radius 1 is 1.50 bits per heavy atom. The van der Waals surface area contributed by atoms with Crippen molar-refractivity contribution in [1.82, 2.24) is 20.3 Å². The van der Waals surface area contributed by atoms with Crippen molar-refractivity contribution >= 4 is 17.1 Å². The lowest BCUT2D eigenvalue weighted by Gasteiger charge is -2.19. The average molecular weight is 248 g/mol. The standard InChI is InChI=1S/C12H16N4O2/c1-12(2,3)18-11(17)14-6-9-4-8-5-13-7-15-10(8)16-9/h4-5,7H,6H2,1-3H3,(H,14,17)(H,13,15,16). The first kappa shape index (κ1) is 12.3. The SMILES string of the molecule is CC(C)(C)OC(=O)NCc1cc2cncnc2[nH]1. The van der Waals surface area contributed by atoms with Crippen LogP contribution in [0.2, 0.25) is 0 Å². The highest BCUT2D eigenvalue weighted by atomic mass is 16.6. The van der Waals surface area contributed by atoms with Crippen molar-refractivity contribution in [2.45, 2.75) is 32.9 Å². The average Bonchev–Trinajstić information content (AvgIpc) is 2.66. The van der Waals surface area contributed by atoms with Crippen LogP contribution in [0.1, 0.15) is 26.5 Å². The van der Waals surface area contributed by atoms with Crippen LogP contribution < -0.4 is 5.32 Å². The van der Waals surface area contributed by atoms with Gasteiger partial charge in [-0.3, -0.25) is 0 Å². The number of fused-ring (bicyclic) bond motifs is 1. The molecule has 0 fully saturated rings. The fourth-order valence-electron chi connectivity index (χ4n) is 1.50. The minimum absolute atomic E-state index is 0.366. The van der Waals surface area contributed by atoms with E-state index in [0.717, 1.165) is 16.7 Å². The summed E-state index contributed by atoms with van der Waals surface area (Å²) in [6, 6.07) is 1.90. The number of hydrogen-bond donors (Lipinski definition) is 2. The molecule has 96 valence electrons. The predicted octanol–water partition coefficient (Wildman–Crippen LogP) is 1.98. The van der Waals surface area contributed by atoms with E-state index in [1.807, 2.05) is 26.8 Å². The van der Waals surface area contributed by atoms with Gasteiger partial charge in [0.25, 0.3) is 0 Å². The number of H-pyrrole nitrogens is 1.